The van der Waals surface area contributed by atoms with Crippen LogP contribution in [0.1, 0.15) is 25.5 Å². The second kappa shape index (κ2) is 5.06. The van der Waals surface area contributed by atoms with Gasteiger partial charge < -0.3 is 10.1 Å². The zero-order chi connectivity index (χ0) is 14.2. The fraction of sp³-hybridized carbons (Fsp3) is 0.294. The SMILES string of the molecule is CSc1ccccc1NC1c2ccccc2OC1(C)C. The summed E-state index contributed by atoms with van der Waals surface area (Å²) in [5.41, 5.74) is 2.14. The van der Waals surface area contributed by atoms with Crippen molar-refractivity contribution in [1.82, 2.24) is 0 Å². The molecule has 20 heavy (non-hydrogen) atoms. The minimum absolute atomic E-state index is 0.159. The molecule has 1 heterocycles. The highest BCUT2D eigenvalue weighted by Crippen LogP contribution is 2.45. The lowest BCUT2D eigenvalue weighted by molar-refractivity contribution is 0.118. The van der Waals surface area contributed by atoms with Gasteiger partial charge in [-0.3, -0.25) is 0 Å². The summed E-state index contributed by atoms with van der Waals surface area (Å²) in [7, 11) is 0. The predicted octanol–water partition coefficient (Wildman–Crippen LogP) is 4.73. The molecule has 0 fully saturated rings. The van der Waals surface area contributed by atoms with E-state index in [1.807, 2.05) is 12.1 Å². The number of thioether (sulfide) groups is 1. The average molecular weight is 285 g/mol. The molecule has 2 nitrogen and oxygen atoms in total. The standard InChI is InChI=1S/C17H19NOS/c1-17(2)16(12-8-4-6-10-14(12)19-17)18-13-9-5-7-11-15(13)20-3/h4-11,16,18H,1-3H3. The molecule has 1 aliphatic rings. The van der Waals surface area contributed by atoms with Crippen LogP contribution in [0.5, 0.6) is 5.75 Å². The molecule has 1 unspecified atom stereocenters. The van der Waals surface area contributed by atoms with Crippen molar-refractivity contribution in [3.8, 4) is 5.75 Å². The van der Waals surface area contributed by atoms with E-state index in [1.165, 1.54) is 16.1 Å². The Bertz CT molecular complexity index is 624. The van der Waals surface area contributed by atoms with Crippen LogP contribution in [0, 0.1) is 0 Å². The first-order chi connectivity index (χ1) is 9.62. The van der Waals surface area contributed by atoms with Gasteiger partial charge in [0, 0.05) is 16.1 Å². The Hall–Kier alpha value is -1.61. The van der Waals surface area contributed by atoms with Crippen molar-refractivity contribution in [2.45, 2.75) is 30.4 Å². The van der Waals surface area contributed by atoms with E-state index in [0.717, 1.165) is 5.75 Å². The summed E-state index contributed by atoms with van der Waals surface area (Å²) < 4.78 is 6.08. The number of hydrogen-bond donors (Lipinski definition) is 1. The molecule has 1 aliphatic heterocycles. The molecule has 0 aliphatic carbocycles. The summed E-state index contributed by atoms with van der Waals surface area (Å²) in [6.07, 6.45) is 2.10. The van der Waals surface area contributed by atoms with Gasteiger partial charge >= 0.3 is 0 Å². The van der Waals surface area contributed by atoms with Gasteiger partial charge in [-0.05, 0) is 38.3 Å². The van der Waals surface area contributed by atoms with Crippen LogP contribution in [-0.2, 0) is 0 Å². The van der Waals surface area contributed by atoms with Crippen LogP contribution >= 0.6 is 11.8 Å². The maximum Gasteiger partial charge on any atom is 0.128 e. The summed E-state index contributed by atoms with van der Waals surface area (Å²) >= 11 is 1.76. The Morgan fingerprint density at radius 1 is 1.05 bits per heavy atom. The molecule has 0 saturated carbocycles. The second-order valence-corrected chi connectivity index (χ2v) is 6.37. The summed E-state index contributed by atoms with van der Waals surface area (Å²) in [5, 5.41) is 3.66. The zero-order valence-corrected chi connectivity index (χ0v) is 12.8. The lowest BCUT2D eigenvalue weighted by Gasteiger charge is -2.28. The third-order valence-corrected chi connectivity index (χ3v) is 4.50. The van der Waals surface area contributed by atoms with Crippen molar-refractivity contribution in [3.05, 3.63) is 54.1 Å². The summed E-state index contributed by atoms with van der Waals surface area (Å²) in [6.45, 7) is 4.26. The van der Waals surface area contributed by atoms with Crippen molar-refractivity contribution in [1.29, 1.82) is 0 Å². The van der Waals surface area contributed by atoms with Crippen LogP contribution in [-0.4, -0.2) is 11.9 Å². The highest BCUT2D eigenvalue weighted by atomic mass is 32.2. The average Bonchev–Trinajstić information content (AvgIpc) is 2.70. The van der Waals surface area contributed by atoms with Gasteiger partial charge in [0.1, 0.15) is 11.4 Å². The first kappa shape index (κ1) is 13.4. The molecule has 0 amide bonds. The molecule has 104 valence electrons. The molecule has 1 atom stereocenters. The second-order valence-electron chi connectivity index (χ2n) is 5.52. The van der Waals surface area contributed by atoms with E-state index in [2.05, 4.69) is 61.8 Å². The lowest BCUT2D eigenvalue weighted by atomic mass is 9.94. The third kappa shape index (κ3) is 2.27. The topological polar surface area (TPSA) is 21.3 Å². The third-order valence-electron chi connectivity index (χ3n) is 3.71. The van der Waals surface area contributed by atoms with Crippen LogP contribution in [0.3, 0.4) is 0 Å². The van der Waals surface area contributed by atoms with Crippen LogP contribution in [0.25, 0.3) is 0 Å². The predicted molar refractivity (Wildman–Crippen MR) is 85.7 cm³/mol. The molecule has 0 radical (unpaired) electrons. The van der Waals surface area contributed by atoms with Crippen molar-refractivity contribution in [3.63, 3.8) is 0 Å². The van der Waals surface area contributed by atoms with Gasteiger partial charge in [-0.2, -0.15) is 0 Å². The fourth-order valence-electron chi connectivity index (χ4n) is 2.70. The monoisotopic (exact) mass is 285 g/mol. The van der Waals surface area contributed by atoms with E-state index in [4.69, 9.17) is 4.74 Å². The van der Waals surface area contributed by atoms with Crippen LogP contribution < -0.4 is 10.1 Å². The molecule has 2 aromatic carbocycles. The van der Waals surface area contributed by atoms with E-state index >= 15 is 0 Å². The Labute approximate surface area is 124 Å². The highest BCUT2D eigenvalue weighted by Gasteiger charge is 2.41. The van der Waals surface area contributed by atoms with Crippen molar-refractivity contribution in [2.24, 2.45) is 0 Å². The van der Waals surface area contributed by atoms with Crippen LogP contribution in [0.15, 0.2) is 53.4 Å². The number of ether oxygens (including phenoxy) is 1. The summed E-state index contributed by atoms with van der Waals surface area (Å²) in [5.74, 6) is 0.983. The number of para-hydroxylation sites is 2. The van der Waals surface area contributed by atoms with Gasteiger partial charge in [-0.25, -0.2) is 0 Å². The molecule has 2 aromatic rings. The van der Waals surface area contributed by atoms with Crippen molar-refractivity contribution < 1.29 is 4.74 Å². The van der Waals surface area contributed by atoms with Crippen molar-refractivity contribution in [2.75, 3.05) is 11.6 Å². The molecule has 1 N–H and O–H groups in total. The molecular weight excluding hydrogens is 266 g/mol. The molecule has 0 saturated heterocycles. The van der Waals surface area contributed by atoms with Crippen molar-refractivity contribution >= 4 is 17.4 Å². The number of fused-ring (bicyclic) bond motifs is 1. The zero-order valence-electron chi connectivity index (χ0n) is 12.0. The minimum Gasteiger partial charge on any atom is -0.485 e. The molecule has 3 rings (SSSR count). The Morgan fingerprint density at radius 2 is 1.75 bits per heavy atom. The van der Waals surface area contributed by atoms with Gasteiger partial charge in [-0.1, -0.05) is 30.3 Å². The molecular formula is C17H19NOS. The normalized spacial score (nSPS) is 19.2. The maximum atomic E-state index is 6.08. The molecule has 0 aromatic heterocycles. The Morgan fingerprint density at radius 3 is 2.55 bits per heavy atom. The number of hydrogen-bond acceptors (Lipinski definition) is 3. The van der Waals surface area contributed by atoms with E-state index in [-0.39, 0.29) is 11.6 Å². The number of anilines is 1. The summed E-state index contributed by atoms with van der Waals surface area (Å²) in [4.78, 5) is 1.26. The first-order valence-electron chi connectivity index (χ1n) is 6.79. The van der Waals surface area contributed by atoms with E-state index in [9.17, 15) is 0 Å². The van der Waals surface area contributed by atoms with Crippen LogP contribution in [0.4, 0.5) is 5.69 Å². The molecule has 3 heteroatoms. The highest BCUT2D eigenvalue weighted by molar-refractivity contribution is 7.98. The van der Waals surface area contributed by atoms with Gasteiger partial charge in [0.05, 0.1) is 6.04 Å². The first-order valence-corrected chi connectivity index (χ1v) is 8.02. The van der Waals surface area contributed by atoms with Gasteiger partial charge in [0.2, 0.25) is 0 Å². The fourth-order valence-corrected chi connectivity index (χ4v) is 3.26. The minimum atomic E-state index is -0.255. The van der Waals surface area contributed by atoms with E-state index < -0.39 is 0 Å². The van der Waals surface area contributed by atoms with Gasteiger partial charge in [0.25, 0.3) is 0 Å². The van der Waals surface area contributed by atoms with Crippen LogP contribution in [0.2, 0.25) is 0 Å². The smallest absolute Gasteiger partial charge is 0.128 e. The van der Waals surface area contributed by atoms with Gasteiger partial charge in [0.15, 0.2) is 0 Å². The Balaban J connectivity index is 1.97. The number of benzene rings is 2. The molecule has 0 spiro atoms. The van der Waals surface area contributed by atoms with Gasteiger partial charge in [-0.15, -0.1) is 11.8 Å². The molecule has 0 bridgehead atoms. The number of rotatable bonds is 3. The summed E-state index contributed by atoms with van der Waals surface area (Å²) in [6, 6.07) is 16.8. The lowest BCUT2D eigenvalue weighted by Crippen LogP contribution is -2.34. The largest absolute Gasteiger partial charge is 0.485 e. The quantitative estimate of drug-likeness (QED) is 0.824. The number of nitrogens with one attached hydrogen (secondary N) is 1. The van der Waals surface area contributed by atoms with E-state index in [1.54, 1.807) is 11.8 Å². The Kier molecular flexibility index (Phi) is 3.38. The maximum absolute atomic E-state index is 6.08. The van der Waals surface area contributed by atoms with E-state index in [0.29, 0.717) is 0 Å².